The largest absolute Gasteiger partial charge is 0.490 e. The van der Waals surface area contributed by atoms with Crippen LogP contribution in [-0.4, -0.2) is 45.6 Å². The molecule has 172 valence electrons. The number of nitrogens with zero attached hydrogens (tertiary/aromatic N) is 3. The number of nitrogens with one attached hydrogen (secondary N) is 1. The van der Waals surface area contributed by atoms with Gasteiger partial charge in [-0.3, -0.25) is 4.79 Å². The predicted molar refractivity (Wildman–Crippen MR) is 126 cm³/mol. The summed E-state index contributed by atoms with van der Waals surface area (Å²) in [4.78, 5) is 20.3. The van der Waals surface area contributed by atoms with Crippen LogP contribution in [0.3, 0.4) is 0 Å². The molecular weight excluding hydrogens is 400 g/mol. The van der Waals surface area contributed by atoms with Crippen molar-refractivity contribution in [3.63, 3.8) is 0 Å². The van der Waals surface area contributed by atoms with Gasteiger partial charge in [0.15, 0.2) is 0 Å². The number of carbonyl (C=O) groups excluding carboxylic acids is 1. The molecule has 1 saturated heterocycles. The number of benzene rings is 1. The maximum atomic E-state index is 13.0. The third-order valence-electron chi connectivity index (χ3n) is 7.37. The number of rotatable bonds is 7. The minimum Gasteiger partial charge on any atom is -0.490 e. The second-order valence-electron chi connectivity index (χ2n) is 9.98. The Morgan fingerprint density at radius 2 is 2.06 bits per heavy atom. The van der Waals surface area contributed by atoms with Crippen molar-refractivity contribution >= 4 is 5.91 Å². The Morgan fingerprint density at radius 3 is 2.81 bits per heavy atom. The fourth-order valence-electron chi connectivity index (χ4n) is 5.07. The molecule has 5 rings (SSSR count). The Morgan fingerprint density at radius 1 is 1.19 bits per heavy atom. The summed E-state index contributed by atoms with van der Waals surface area (Å²) < 4.78 is 8.54. The summed E-state index contributed by atoms with van der Waals surface area (Å²) in [6, 6.07) is 6.83. The van der Waals surface area contributed by atoms with E-state index in [1.807, 2.05) is 0 Å². The zero-order chi connectivity index (χ0) is 22.1. The zero-order valence-corrected chi connectivity index (χ0v) is 19.5. The third-order valence-corrected chi connectivity index (χ3v) is 7.37. The molecule has 1 N–H and O–H groups in total. The summed E-state index contributed by atoms with van der Waals surface area (Å²) in [5.74, 6) is 2.31. The second-order valence-corrected chi connectivity index (χ2v) is 9.98. The first kappa shape index (κ1) is 21.5. The van der Waals surface area contributed by atoms with E-state index in [1.165, 1.54) is 18.7 Å². The predicted octanol–water partition coefficient (Wildman–Crippen LogP) is 4.16. The number of aryl methyl sites for hydroxylation is 2. The maximum absolute atomic E-state index is 13.0. The lowest BCUT2D eigenvalue weighted by Gasteiger charge is -2.34. The van der Waals surface area contributed by atoms with Crippen LogP contribution in [-0.2, 0) is 24.3 Å². The van der Waals surface area contributed by atoms with E-state index < -0.39 is 0 Å². The van der Waals surface area contributed by atoms with Crippen molar-refractivity contribution in [3.8, 4) is 17.0 Å². The van der Waals surface area contributed by atoms with Crippen LogP contribution in [0, 0.1) is 5.92 Å². The molecular formula is C26H36N4O2. The Labute approximate surface area is 191 Å². The molecule has 2 aliphatic heterocycles. The number of imidazole rings is 1. The normalized spacial score (nSPS) is 21.4. The second kappa shape index (κ2) is 9.26. The highest BCUT2D eigenvalue weighted by Gasteiger charge is 2.27. The van der Waals surface area contributed by atoms with Crippen molar-refractivity contribution in [1.82, 2.24) is 19.8 Å². The Bertz CT molecular complexity index is 941. The van der Waals surface area contributed by atoms with Gasteiger partial charge in [-0.1, -0.05) is 0 Å². The van der Waals surface area contributed by atoms with Gasteiger partial charge in [-0.25, -0.2) is 4.98 Å². The number of piperidine rings is 1. The number of carbonyl (C=O) groups is 1. The molecule has 2 aromatic rings. The lowest BCUT2D eigenvalue weighted by molar-refractivity contribution is -0.127. The van der Waals surface area contributed by atoms with Gasteiger partial charge < -0.3 is 19.5 Å². The van der Waals surface area contributed by atoms with Crippen LogP contribution in [0.2, 0.25) is 0 Å². The van der Waals surface area contributed by atoms with E-state index in [1.54, 1.807) is 0 Å². The molecule has 2 fully saturated rings. The lowest BCUT2D eigenvalue weighted by atomic mass is 9.95. The average Bonchev–Trinajstić information content (AvgIpc) is 3.37. The highest BCUT2D eigenvalue weighted by atomic mass is 16.5. The number of amides is 1. The van der Waals surface area contributed by atoms with Crippen LogP contribution in [0.25, 0.3) is 11.3 Å². The lowest BCUT2D eigenvalue weighted by Crippen LogP contribution is -2.45. The monoisotopic (exact) mass is 436 g/mol. The molecule has 1 aliphatic carbocycles. The minimum absolute atomic E-state index is 0.0708. The first-order chi connectivity index (χ1) is 15.6. The first-order valence-corrected chi connectivity index (χ1v) is 12.4. The fourth-order valence-corrected chi connectivity index (χ4v) is 5.07. The summed E-state index contributed by atoms with van der Waals surface area (Å²) in [5.41, 5.74) is 3.16. The number of aromatic nitrogens is 2. The van der Waals surface area contributed by atoms with Crippen LogP contribution >= 0.6 is 0 Å². The van der Waals surface area contributed by atoms with Crippen LogP contribution in [0.4, 0.5) is 0 Å². The van der Waals surface area contributed by atoms with Crippen LogP contribution in [0.1, 0.15) is 63.8 Å². The van der Waals surface area contributed by atoms with Crippen LogP contribution in [0.15, 0.2) is 24.4 Å². The van der Waals surface area contributed by atoms with Crippen LogP contribution in [0.5, 0.6) is 5.75 Å². The molecule has 0 radical (unpaired) electrons. The molecule has 32 heavy (non-hydrogen) atoms. The summed E-state index contributed by atoms with van der Waals surface area (Å²) in [5, 5.41) is 3.22. The van der Waals surface area contributed by atoms with E-state index in [0.717, 1.165) is 74.3 Å². The van der Waals surface area contributed by atoms with Crippen molar-refractivity contribution in [2.24, 2.45) is 5.92 Å². The van der Waals surface area contributed by atoms with Gasteiger partial charge in [-0.2, -0.15) is 0 Å². The van der Waals surface area contributed by atoms with E-state index in [4.69, 9.17) is 9.72 Å². The molecule has 1 atom stereocenters. The Kier molecular flexibility index (Phi) is 6.22. The number of hydrogen-bond acceptors (Lipinski definition) is 4. The zero-order valence-electron chi connectivity index (χ0n) is 19.5. The van der Waals surface area contributed by atoms with Crippen molar-refractivity contribution in [2.45, 2.75) is 84.0 Å². The van der Waals surface area contributed by atoms with Gasteiger partial charge in [0.1, 0.15) is 11.6 Å². The average molecular weight is 437 g/mol. The van der Waals surface area contributed by atoms with E-state index in [-0.39, 0.29) is 11.8 Å². The molecule has 3 heterocycles. The number of likely N-dealkylation sites (tertiary alicyclic amines) is 1. The topological polar surface area (TPSA) is 59.4 Å². The van der Waals surface area contributed by atoms with Crippen molar-refractivity contribution < 1.29 is 9.53 Å². The molecule has 0 bridgehead atoms. The Hall–Kier alpha value is -2.34. The van der Waals surface area contributed by atoms with E-state index in [2.05, 4.69) is 53.0 Å². The summed E-state index contributed by atoms with van der Waals surface area (Å²) in [6.45, 7) is 7.93. The quantitative estimate of drug-likeness (QED) is 0.708. The van der Waals surface area contributed by atoms with Gasteiger partial charge >= 0.3 is 0 Å². The smallest absolute Gasteiger partial charge is 0.224 e. The van der Waals surface area contributed by atoms with Gasteiger partial charge in [-0.05, 0) is 77.1 Å². The van der Waals surface area contributed by atoms with Crippen molar-refractivity contribution in [1.29, 1.82) is 0 Å². The molecule has 1 aromatic carbocycles. The van der Waals surface area contributed by atoms with Gasteiger partial charge in [0, 0.05) is 49.4 Å². The first-order valence-electron chi connectivity index (χ1n) is 12.4. The molecule has 1 unspecified atom stereocenters. The molecule has 6 nitrogen and oxygen atoms in total. The maximum Gasteiger partial charge on any atom is 0.224 e. The third kappa shape index (κ3) is 4.56. The van der Waals surface area contributed by atoms with Crippen molar-refractivity contribution in [2.75, 3.05) is 13.1 Å². The van der Waals surface area contributed by atoms with Gasteiger partial charge in [0.2, 0.25) is 5.91 Å². The standard InChI is InChI=1S/C26H36N4O2/c1-18(2)29-12-4-6-20(16-29)26(31)27-15-21-14-19(10-11-24(21)32-22-7-3-8-22)23-17-30-13-5-9-25(30)28-23/h10-11,14,17-18,20,22H,3-9,12-13,15-16H2,1-2H3,(H,27,31). The number of ether oxygens (including phenoxy) is 1. The van der Waals surface area contributed by atoms with Crippen LogP contribution < -0.4 is 10.1 Å². The minimum atomic E-state index is 0.0708. The molecule has 3 aliphatic rings. The van der Waals surface area contributed by atoms with Crippen molar-refractivity contribution in [3.05, 3.63) is 35.8 Å². The molecule has 1 aromatic heterocycles. The highest BCUT2D eigenvalue weighted by molar-refractivity contribution is 5.79. The van der Waals surface area contributed by atoms with Gasteiger partial charge in [-0.15, -0.1) is 0 Å². The number of fused-ring (bicyclic) bond motifs is 1. The number of hydrogen-bond donors (Lipinski definition) is 1. The van der Waals surface area contributed by atoms with E-state index in [9.17, 15) is 4.79 Å². The van der Waals surface area contributed by atoms with Gasteiger partial charge in [0.25, 0.3) is 0 Å². The molecule has 1 amide bonds. The summed E-state index contributed by atoms with van der Waals surface area (Å²) in [7, 11) is 0. The fraction of sp³-hybridized carbons (Fsp3) is 0.615. The van der Waals surface area contributed by atoms with E-state index >= 15 is 0 Å². The molecule has 6 heteroatoms. The SMILES string of the molecule is CC(C)N1CCCC(C(=O)NCc2cc(-c3cn4c(n3)CCC4)ccc2OC2CCC2)C1. The Balaban J connectivity index is 1.31. The van der Waals surface area contributed by atoms with Gasteiger partial charge in [0.05, 0.1) is 17.7 Å². The summed E-state index contributed by atoms with van der Waals surface area (Å²) >= 11 is 0. The summed E-state index contributed by atoms with van der Waals surface area (Å²) in [6.07, 6.45) is 10.3. The van der Waals surface area contributed by atoms with E-state index in [0.29, 0.717) is 18.7 Å². The molecule has 1 saturated carbocycles. The highest BCUT2D eigenvalue weighted by Crippen LogP contribution is 2.32. The molecule has 0 spiro atoms.